The summed E-state index contributed by atoms with van der Waals surface area (Å²) in [7, 11) is 3.37. The Morgan fingerprint density at radius 3 is 2.72 bits per heavy atom. The van der Waals surface area contributed by atoms with E-state index >= 15 is 0 Å². The standard InChI is InChI=1S/C12H17N3O2S/c1-7-8(2)18-11(13-7)6-10(16)9-5-12(17-4)15(3)14-9/h5,10,16H,6H2,1-4H3. The van der Waals surface area contributed by atoms with Gasteiger partial charge in [0.05, 0.1) is 23.5 Å². The zero-order valence-electron chi connectivity index (χ0n) is 11.0. The molecule has 2 aromatic rings. The Morgan fingerprint density at radius 1 is 1.50 bits per heavy atom. The topological polar surface area (TPSA) is 60.2 Å². The van der Waals surface area contributed by atoms with E-state index in [1.165, 1.54) is 4.88 Å². The molecule has 1 atom stereocenters. The molecule has 0 aliphatic carbocycles. The molecule has 5 nitrogen and oxygen atoms in total. The van der Waals surface area contributed by atoms with Gasteiger partial charge >= 0.3 is 0 Å². The maximum atomic E-state index is 10.1. The zero-order valence-corrected chi connectivity index (χ0v) is 11.8. The Morgan fingerprint density at radius 2 is 2.22 bits per heavy atom. The van der Waals surface area contributed by atoms with Crippen molar-refractivity contribution in [3.63, 3.8) is 0 Å². The second-order valence-corrected chi connectivity index (χ2v) is 5.49. The lowest BCUT2D eigenvalue weighted by Crippen LogP contribution is -2.03. The highest BCUT2D eigenvalue weighted by molar-refractivity contribution is 7.11. The number of aryl methyl sites for hydroxylation is 3. The Balaban J connectivity index is 2.13. The normalized spacial score (nSPS) is 12.7. The smallest absolute Gasteiger partial charge is 0.211 e. The van der Waals surface area contributed by atoms with Crippen LogP contribution < -0.4 is 4.74 Å². The number of methoxy groups -OCH3 is 1. The second-order valence-electron chi connectivity index (χ2n) is 4.20. The first-order valence-electron chi connectivity index (χ1n) is 5.70. The van der Waals surface area contributed by atoms with E-state index in [0.29, 0.717) is 18.0 Å². The molecule has 2 aromatic heterocycles. The first-order chi connectivity index (χ1) is 8.51. The van der Waals surface area contributed by atoms with Crippen LogP contribution in [-0.4, -0.2) is 27.0 Å². The van der Waals surface area contributed by atoms with Gasteiger partial charge in [-0.05, 0) is 13.8 Å². The molecule has 0 aliphatic heterocycles. The van der Waals surface area contributed by atoms with Gasteiger partial charge < -0.3 is 9.84 Å². The summed E-state index contributed by atoms with van der Waals surface area (Å²) in [4.78, 5) is 5.61. The number of aliphatic hydroxyl groups excluding tert-OH is 1. The fraction of sp³-hybridized carbons (Fsp3) is 0.500. The molecule has 0 saturated carbocycles. The van der Waals surface area contributed by atoms with Crippen molar-refractivity contribution < 1.29 is 9.84 Å². The minimum absolute atomic E-state index is 0.486. The summed E-state index contributed by atoms with van der Waals surface area (Å²) in [5, 5.41) is 15.3. The lowest BCUT2D eigenvalue weighted by Gasteiger charge is -2.04. The molecule has 6 heteroatoms. The summed E-state index contributed by atoms with van der Waals surface area (Å²) in [5.41, 5.74) is 1.64. The predicted octanol–water partition coefficient (Wildman–Crippen LogP) is 1.78. The van der Waals surface area contributed by atoms with Crippen LogP contribution in [0.25, 0.3) is 0 Å². The van der Waals surface area contributed by atoms with Crippen LogP contribution in [0.4, 0.5) is 0 Å². The summed E-state index contributed by atoms with van der Waals surface area (Å²) < 4.78 is 6.73. The summed E-state index contributed by atoms with van der Waals surface area (Å²) >= 11 is 1.62. The van der Waals surface area contributed by atoms with Crippen molar-refractivity contribution in [3.8, 4) is 5.88 Å². The summed E-state index contributed by atoms with van der Waals surface area (Å²) in [6, 6.07) is 1.75. The first-order valence-corrected chi connectivity index (χ1v) is 6.51. The van der Waals surface area contributed by atoms with Crippen LogP contribution in [0.1, 0.15) is 27.4 Å². The largest absolute Gasteiger partial charge is 0.481 e. The average Bonchev–Trinajstić information content (AvgIpc) is 2.83. The van der Waals surface area contributed by atoms with Crippen LogP contribution in [0, 0.1) is 13.8 Å². The highest BCUT2D eigenvalue weighted by Gasteiger charge is 2.17. The summed E-state index contributed by atoms with van der Waals surface area (Å²) in [5.74, 6) is 0.635. The van der Waals surface area contributed by atoms with E-state index in [1.807, 2.05) is 13.8 Å². The number of nitrogens with zero attached hydrogens (tertiary/aromatic N) is 3. The van der Waals surface area contributed by atoms with E-state index in [2.05, 4.69) is 10.1 Å². The van der Waals surface area contributed by atoms with Crippen molar-refractivity contribution >= 4 is 11.3 Å². The van der Waals surface area contributed by atoms with Crippen molar-refractivity contribution in [2.45, 2.75) is 26.4 Å². The fourth-order valence-electron chi connectivity index (χ4n) is 1.72. The maximum absolute atomic E-state index is 10.1. The van der Waals surface area contributed by atoms with E-state index in [1.54, 1.807) is 36.2 Å². The third-order valence-electron chi connectivity index (χ3n) is 2.85. The molecular formula is C12H17N3O2S. The molecule has 0 radical (unpaired) electrons. The Labute approximate surface area is 110 Å². The number of hydrogen-bond donors (Lipinski definition) is 1. The molecule has 1 N–H and O–H groups in total. The number of aromatic nitrogens is 3. The molecule has 0 saturated heterocycles. The van der Waals surface area contributed by atoms with E-state index < -0.39 is 6.10 Å². The second kappa shape index (κ2) is 5.07. The maximum Gasteiger partial charge on any atom is 0.211 e. The lowest BCUT2D eigenvalue weighted by atomic mass is 10.2. The number of aliphatic hydroxyl groups is 1. The van der Waals surface area contributed by atoms with Crippen LogP contribution in [0.2, 0.25) is 0 Å². The van der Waals surface area contributed by atoms with E-state index in [9.17, 15) is 5.11 Å². The number of hydrogen-bond acceptors (Lipinski definition) is 5. The van der Waals surface area contributed by atoms with E-state index in [0.717, 1.165) is 10.7 Å². The van der Waals surface area contributed by atoms with Gasteiger partial charge in [-0.25, -0.2) is 9.67 Å². The molecule has 2 heterocycles. The molecule has 0 spiro atoms. The molecule has 98 valence electrons. The predicted molar refractivity (Wildman–Crippen MR) is 70.0 cm³/mol. The van der Waals surface area contributed by atoms with E-state index in [-0.39, 0.29) is 0 Å². The third kappa shape index (κ3) is 2.54. The van der Waals surface area contributed by atoms with Crippen LogP contribution in [-0.2, 0) is 13.5 Å². The number of ether oxygens (including phenoxy) is 1. The van der Waals surface area contributed by atoms with Crippen LogP contribution in [0.3, 0.4) is 0 Å². The van der Waals surface area contributed by atoms with Crippen molar-refractivity contribution in [3.05, 3.63) is 27.3 Å². The van der Waals surface area contributed by atoms with Crippen LogP contribution in [0.5, 0.6) is 5.88 Å². The molecule has 0 aliphatic rings. The monoisotopic (exact) mass is 267 g/mol. The number of thiazole rings is 1. The van der Waals surface area contributed by atoms with Crippen LogP contribution in [0.15, 0.2) is 6.07 Å². The van der Waals surface area contributed by atoms with Crippen molar-refractivity contribution in [2.24, 2.45) is 7.05 Å². The minimum Gasteiger partial charge on any atom is -0.481 e. The van der Waals surface area contributed by atoms with Gasteiger partial charge in [0.25, 0.3) is 0 Å². The fourth-order valence-corrected chi connectivity index (χ4v) is 2.69. The quantitative estimate of drug-likeness (QED) is 0.917. The first kappa shape index (κ1) is 13.0. The van der Waals surface area contributed by atoms with Gasteiger partial charge in [0.2, 0.25) is 5.88 Å². The molecule has 0 fully saturated rings. The molecule has 0 aromatic carbocycles. The van der Waals surface area contributed by atoms with Gasteiger partial charge in [0.1, 0.15) is 6.10 Å². The van der Waals surface area contributed by atoms with E-state index in [4.69, 9.17) is 4.74 Å². The molecule has 0 amide bonds. The van der Waals surface area contributed by atoms with Crippen molar-refractivity contribution in [1.29, 1.82) is 0 Å². The molecule has 2 rings (SSSR count). The highest BCUT2D eigenvalue weighted by atomic mass is 32.1. The van der Waals surface area contributed by atoms with Gasteiger partial charge in [0.15, 0.2) is 0 Å². The summed E-state index contributed by atoms with van der Waals surface area (Å²) in [6.45, 7) is 4.01. The van der Waals surface area contributed by atoms with Gasteiger partial charge in [-0.15, -0.1) is 11.3 Å². The Bertz CT molecular complexity index is 528. The van der Waals surface area contributed by atoms with Gasteiger partial charge in [-0.3, -0.25) is 0 Å². The third-order valence-corrected chi connectivity index (χ3v) is 3.94. The zero-order chi connectivity index (χ0) is 13.3. The SMILES string of the molecule is COc1cc(C(O)Cc2nc(C)c(C)s2)nn1C. The molecule has 0 bridgehead atoms. The van der Waals surface area contributed by atoms with Gasteiger partial charge in [-0.1, -0.05) is 0 Å². The Hall–Kier alpha value is -1.40. The van der Waals surface area contributed by atoms with Crippen molar-refractivity contribution in [1.82, 2.24) is 14.8 Å². The average molecular weight is 267 g/mol. The Kier molecular flexibility index (Phi) is 3.68. The molecular weight excluding hydrogens is 250 g/mol. The minimum atomic E-state index is -0.648. The van der Waals surface area contributed by atoms with Gasteiger partial charge in [-0.2, -0.15) is 5.10 Å². The number of rotatable bonds is 4. The lowest BCUT2D eigenvalue weighted by molar-refractivity contribution is 0.172. The van der Waals surface area contributed by atoms with Gasteiger partial charge in [0, 0.05) is 24.4 Å². The highest BCUT2D eigenvalue weighted by Crippen LogP contribution is 2.24. The van der Waals surface area contributed by atoms with Crippen LogP contribution >= 0.6 is 11.3 Å². The summed E-state index contributed by atoms with van der Waals surface area (Å²) in [6.07, 6.45) is -0.162. The van der Waals surface area contributed by atoms with Crippen molar-refractivity contribution in [2.75, 3.05) is 7.11 Å². The molecule has 1 unspecified atom stereocenters. The molecule has 18 heavy (non-hydrogen) atoms.